The maximum Gasteiger partial charge on any atom is 0.187 e. The Labute approximate surface area is 122 Å². The monoisotopic (exact) mass is 269 g/mol. The van der Waals surface area contributed by atoms with Crippen molar-refractivity contribution in [3.05, 3.63) is 65.5 Å². The number of nitrogens with zero attached hydrogens (tertiary/aromatic N) is 1. The van der Waals surface area contributed by atoms with Crippen molar-refractivity contribution in [2.45, 2.75) is 27.7 Å². The fourth-order valence-corrected chi connectivity index (χ4v) is 1.58. The number of aryl methyl sites for hydroxylation is 1. The summed E-state index contributed by atoms with van der Waals surface area (Å²) in [6.45, 7) is 15.0. The molecule has 2 heteroatoms. The van der Waals surface area contributed by atoms with Gasteiger partial charge in [0.05, 0.1) is 6.57 Å². The second-order valence-electron chi connectivity index (χ2n) is 3.85. The summed E-state index contributed by atoms with van der Waals surface area (Å²) in [5, 5.41) is 7.57. The van der Waals surface area contributed by atoms with E-state index >= 15 is 0 Å². The molecule has 2 aromatic carbocycles. The Balaban J connectivity index is 0.000000641. The zero-order valence-electron chi connectivity index (χ0n) is 12.7. The van der Waals surface area contributed by atoms with Crippen molar-refractivity contribution < 1.29 is 5.11 Å². The number of rotatable bonds is 1. The normalized spacial score (nSPS) is 8.40. The molecule has 106 valence electrons. The van der Waals surface area contributed by atoms with Crippen LogP contribution < -0.4 is 0 Å². The maximum atomic E-state index is 7.57. The molecule has 0 aromatic heterocycles. The largest absolute Gasteiger partial charge is 0.397 e. The predicted octanol–water partition coefficient (Wildman–Crippen LogP) is 5.24. The summed E-state index contributed by atoms with van der Waals surface area (Å²) >= 11 is 0. The lowest BCUT2D eigenvalue weighted by molar-refractivity contribution is 0.318. The Morgan fingerprint density at radius 1 is 1.00 bits per heavy atom. The van der Waals surface area contributed by atoms with Gasteiger partial charge in [0.15, 0.2) is 5.69 Å². The van der Waals surface area contributed by atoms with Crippen LogP contribution in [-0.2, 0) is 0 Å². The van der Waals surface area contributed by atoms with Gasteiger partial charge < -0.3 is 5.11 Å². The molecule has 0 aliphatic heterocycles. The summed E-state index contributed by atoms with van der Waals surface area (Å²) < 4.78 is 0. The SMILES string of the molecule is CC.CCO.[C-]#[N+]c1cccc(-c2cccc(C)c2)c1. The Hall–Kier alpha value is -2.11. The highest BCUT2D eigenvalue weighted by Crippen LogP contribution is 2.24. The fraction of sp³-hybridized carbons (Fsp3) is 0.278. The van der Waals surface area contributed by atoms with Crippen LogP contribution in [-0.4, -0.2) is 11.7 Å². The van der Waals surface area contributed by atoms with Crippen molar-refractivity contribution in [2.24, 2.45) is 0 Å². The third kappa shape index (κ3) is 6.17. The molecule has 0 amide bonds. The van der Waals surface area contributed by atoms with Crippen molar-refractivity contribution in [1.82, 2.24) is 0 Å². The highest BCUT2D eigenvalue weighted by molar-refractivity contribution is 5.68. The molecule has 0 radical (unpaired) electrons. The molecule has 0 aliphatic rings. The molecule has 1 N–H and O–H groups in total. The standard InChI is InChI=1S/C14H11N.C2H6O.C2H6/c1-11-5-3-6-12(9-11)13-7-4-8-14(10-13)15-2;1-2-3;1-2/h3-10H,1H3;3H,2H2,1H3;1-2H3. The summed E-state index contributed by atoms with van der Waals surface area (Å²) in [5.74, 6) is 0. The van der Waals surface area contributed by atoms with E-state index in [9.17, 15) is 0 Å². The first-order valence-electron chi connectivity index (χ1n) is 6.86. The second kappa shape index (κ2) is 10.8. The third-order valence-corrected chi connectivity index (χ3v) is 2.33. The van der Waals surface area contributed by atoms with E-state index in [-0.39, 0.29) is 6.61 Å². The molecule has 20 heavy (non-hydrogen) atoms. The van der Waals surface area contributed by atoms with Crippen molar-refractivity contribution in [3.8, 4) is 11.1 Å². The molecule has 2 nitrogen and oxygen atoms in total. The van der Waals surface area contributed by atoms with Gasteiger partial charge in [0.2, 0.25) is 0 Å². The van der Waals surface area contributed by atoms with Gasteiger partial charge in [0.25, 0.3) is 0 Å². The van der Waals surface area contributed by atoms with Crippen LogP contribution in [0, 0.1) is 13.5 Å². The quantitative estimate of drug-likeness (QED) is 0.704. The number of aliphatic hydroxyl groups is 1. The van der Waals surface area contributed by atoms with Gasteiger partial charge in [-0.15, -0.1) is 0 Å². The first-order chi connectivity index (χ1) is 9.71. The third-order valence-electron chi connectivity index (χ3n) is 2.33. The maximum absolute atomic E-state index is 7.57. The van der Waals surface area contributed by atoms with Crippen LogP contribution >= 0.6 is 0 Å². The van der Waals surface area contributed by atoms with Gasteiger partial charge >= 0.3 is 0 Å². The lowest BCUT2D eigenvalue weighted by atomic mass is 10.0. The molecule has 0 aliphatic carbocycles. The smallest absolute Gasteiger partial charge is 0.187 e. The van der Waals surface area contributed by atoms with E-state index in [0.29, 0.717) is 5.69 Å². The molecule has 2 aromatic rings. The molecular weight excluding hydrogens is 246 g/mol. The van der Waals surface area contributed by atoms with E-state index in [1.54, 1.807) is 6.92 Å². The van der Waals surface area contributed by atoms with E-state index in [0.717, 1.165) is 5.56 Å². The van der Waals surface area contributed by atoms with Crippen LogP contribution in [0.5, 0.6) is 0 Å². The topological polar surface area (TPSA) is 24.6 Å². The summed E-state index contributed by atoms with van der Waals surface area (Å²) in [6.07, 6.45) is 0. The minimum absolute atomic E-state index is 0.250. The van der Waals surface area contributed by atoms with Crippen LogP contribution in [0.3, 0.4) is 0 Å². The van der Waals surface area contributed by atoms with Gasteiger partial charge in [-0.25, -0.2) is 4.85 Å². The number of aliphatic hydroxyl groups excluding tert-OH is 1. The Kier molecular flexibility index (Phi) is 9.64. The van der Waals surface area contributed by atoms with Gasteiger partial charge in [-0.1, -0.05) is 61.9 Å². The fourth-order valence-electron chi connectivity index (χ4n) is 1.58. The average Bonchev–Trinajstić information content (AvgIpc) is 2.50. The van der Waals surface area contributed by atoms with E-state index < -0.39 is 0 Å². The van der Waals surface area contributed by atoms with Crippen LogP contribution in [0.4, 0.5) is 5.69 Å². The zero-order chi connectivity index (χ0) is 15.4. The minimum atomic E-state index is 0.250. The van der Waals surface area contributed by atoms with E-state index in [4.69, 9.17) is 11.7 Å². The molecule has 0 spiro atoms. The molecule has 0 heterocycles. The van der Waals surface area contributed by atoms with Crippen LogP contribution in [0.1, 0.15) is 26.3 Å². The van der Waals surface area contributed by atoms with Gasteiger partial charge in [-0.2, -0.15) is 0 Å². The van der Waals surface area contributed by atoms with Crippen molar-refractivity contribution >= 4 is 5.69 Å². The first kappa shape index (κ1) is 17.9. The molecule has 0 atom stereocenters. The summed E-state index contributed by atoms with van der Waals surface area (Å²) in [5.41, 5.74) is 4.20. The minimum Gasteiger partial charge on any atom is -0.397 e. The molecule has 2 rings (SSSR count). The second-order valence-corrected chi connectivity index (χ2v) is 3.85. The van der Waals surface area contributed by atoms with Gasteiger partial charge in [0.1, 0.15) is 0 Å². The molecule has 0 bridgehead atoms. The molecule has 0 saturated heterocycles. The predicted molar refractivity (Wildman–Crippen MR) is 87.0 cm³/mol. The Morgan fingerprint density at radius 3 is 2.00 bits per heavy atom. The molecule has 0 saturated carbocycles. The van der Waals surface area contributed by atoms with Crippen LogP contribution in [0.2, 0.25) is 0 Å². The molecular formula is C18H23NO. The Bertz CT molecular complexity index is 541. The number of hydrogen-bond donors (Lipinski definition) is 1. The summed E-state index contributed by atoms with van der Waals surface area (Å²) in [6, 6.07) is 16.0. The Morgan fingerprint density at radius 2 is 1.50 bits per heavy atom. The lowest BCUT2D eigenvalue weighted by Crippen LogP contribution is -1.78. The first-order valence-corrected chi connectivity index (χ1v) is 6.86. The summed E-state index contributed by atoms with van der Waals surface area (Å²) in [7, 11) is 0. The summed E-state index contributed by atoms with van der Waals surface area (Å²) in [4.78, 5) is 3.43. The molecule has 0 fully saturated rings. The van der Waals surface area contributed by atoms with E-state index in [1.165, 1.54) is 11.1 Å². The van der Waals surface area contributed by atoms with E-state index in [1.807, 2.05) is 44.2 Å². The van der Waals surface area contributed by atoms with Crippen LogP contribution in [0.15, 0.2) is 48.5 Å². The highest BCUT2D eigenvalue weighted by Gasteiger charge is 1.98. The number of benzene rings is 2. The zero-order valence-corrected chi connectivity index (χ0v) is 12.7. The van der Waals surface area contributed by atoms with Crippen LogP contribution in [0.25, 0.3) is 16.0 Å². The highest BCUT2D eigenvalue weighted by atomic mass is 16.2. The van der Waals surface area contributed by atoms with Crippen molar-refractivity contribution in [2.75, 3.05) is 6.61 Å². The van der Waals surface area contributed by atoms with Gasteiger partial charge in [0, 0.05) is 6.61 Å². The van der Waals surface area contributed by atoms with Crippen molar-refractivity contribution in [3.63, 3.8) is 0 Å². The molecule has 0 unspecified atom stereocenters. The van der Waals surface area contributed by atoms with Gasteiger partial charge in [-0.05, 0) is 31.0 Å². The van der Waals surface area contributed by atoms with Gasteiger partial charge in [-0.3, -0.25) is 0 Å². The number of hydrogen-bond acceptors (Lipinski definition) is 1. The van der Waals surface area contributed by atoms with Crippen molar-refractivity contribution in [1.29, 1.82) is 0 Å². The average molecular weight is 269 g/mol. The van der Waals surface area contributed by atoms with E-state index in [2.05, 4.69) is 30.0 Å². The lowest BCUT2D eigenvalue weighted by Gasteiger charge is -2.03.